The summed E-state index contributed by atoms with van der Waals surface area (Å²) < 4.78 is 0. The molecule has 2 N–H and O–H groups in total. The first-order valence-corrected chi connectivity index (χ1v) is 6.31. The highest BCUT2D eigenvalue weighted by Crippen LogP contribution is 2.44. The number of anilines is 1. The highest BCUT2D eigenvalue weighted by molar-refractivity contribution is 5.50. The zero-order chi connectivity index (χ0) is 11.1. The number of aryl methyl sites for hydroxylation is 1. The number of hydrogen-bond acceptors (Lipinski definition) is 2. The minimum Gasteiger partial charge on any atom is -0.367 e. The molecular formula is C14H20N2. The summed E-state index contributed by atoms with van der Waals surface area (Å²) in [6.07, 6.45) is 2.81. The summed E-state index contributed by atoms with van der Waals surface area (Å²) in [5.74, 6) is 1.78. The van der Waals surface area contributed by atoms with E-state index in [-0.39, 0.29) is 0 Å². The summed E-state index contributed by atoms with van der Waals surface area (Å²) in [6, 6.07) is 9.39. The zero-order valence-electron chi connectivity index (χ0n) is 9.89. The molecule has 2 heteroatoms. The van der Waals surface area contributed by atoms with Crippen LogP contribution in [-0.2, 0) is 0 Å². The fourth-order valence-corrected chi connectivity index (χ4v) is 3.34. The molecule has 1 saturated carbocycles. The second-order valence-electron chi connectivity index (χ2n) is 5.39. The van der Waals surface area contributed by atoms with Gasteiger partial charge in [0.1, 0.15) is 0 Å². The molecule has 16 heavy (non-hydrogen) atoms. The summed E-state index contributed by atoms with van der Waals surface area (Å²) >= 11 is 0. The standard InChI is InChI=1S/C14H20N2/c1-10-3-2-4-13(5-10)16-9-11-6-12(7-11)14(16)8-15/h2-5,11-12,14H,6-9,15H2,1H3. The summed E-state index contributed by atoms with van der Waals surface area (Å²) in [5.41, 5.74) is 8.65. The Labute approximate surface area is 97.4 Å². The minimum atomic E-state index is 0.576. The Bertz CT molecular complexity index is 382. The Morgan fingerprint density at radius 1 is 1.38 bits per heavy atom. The highest BCUT2D eigenvalue weighted by atomic mass is 15.2. The maximum absolute atomic E-state index is 5.94. The van der Waals surface area contributed by atoms with Crippen LogP contribution in [0.4, 0.5) is 5.69 Å². The van der Waals surface area contributed by atoms with Gasteiger partial charge in [0.2, 0.25) is 0 Å². The molecule has 1 unspecified atom stereocenters. The molecule has 1 atom stereocenters. The smallest absolute Gasteiger partial charge is 0.0440 e. The molecule has 0 aromatic heterocycles. The molecule has 2 bridgehead atoms. The number of piperidine rings is 2. The molecule has 86 valence electrons. The van der Waals surface area contributed by atoms with Crippen LogP contribution in [-0.4, -0.2) is 19.1 Å². The normalized spacial score (nSPS) is 32.4. The predicted octanol–water partition coefficient (Wildman–Crippen LogP) is 2.17. The molecule has 0 amide bonds. The van der Waals surface area contributed by atoms with E-state index < -0.39 is 0 Å². The van der Waals surface area contributed by atoms with Crippen LogP contribution in [0.15, 0.2) is 24.3 Å². The van der Waals surface area contributed by atoms with Crippen molar-refractivity contribution in [3.8, 4) is 0 Å². The molecule has 2 heterocycles. The van der Waals surface area contributed by atoms with E-state index in [1.165, 1.54) is 30.6 Å². The van der Waals surface area contributed by atoms with E-state index >= 15 is 0 Å². The van der Waals surface area contributed by atoms with Crippen LogP contribution >= 0.6 is 0 Å². The predicted molar refractivity (Wildman–Crippen MR) is 67.6 cm³/mol. The van der Waals surface area contributed by atoms with Gasteiger partial charge in [-0.1, -0.05) is 12.1 Å². The number of hydrogen-bond donors (Lipinski definition) is 1. The van der Waals surface area contributed by atoms with Crippen LogP contribution < -0.4 is 10.6 Å². The molecule has 3 fully saturated rings. The van der Waals surface area contributed by atoms with Crippen molar-refractivity contribution in [2.75, 3.05) is 18.0 Å². The van der Waals surface area contributed by atoms with Crippen molar-refractivity contribution in [3.63, 3.8) is 0 Å². The van der Waals surface area contributed by atoms with Crippen LogP contribution in [0, 0.1) is 18.8 Å². The fraction of sp³-hybridized carbons (Fsp3) is 0.571. The number of rotatable bonds is 2. The summed E-state index contributed by atoms with van der Waals surface area (Å²) in [5, 5.41) is 0. The van der Waals surface area contributed by atoms with Crippen molar-refractivity contribution in [2.45, 2.75) is 25.8 Å². The average Bonchev–Trinajstić information content (AvgIpc) is 2.27. The Balaban J connectivity index is 1.88. The molecule has 1 aromatic carbocycles. The molecule has 2 nitrogen and oxygen atoms in total. The van der Waals surface area contributed by atoms with E-state index in [4.69, 9.17) is 5.73 Å². The van der Waals surface area contributed by atoms with Gasteiger partial charge in [0, 0.05) is 24.8 Å². The van der Waals surface area contributed by atoms with Crippen LogP contribution in [0.1, 0.15) is 18.4 Å². The molecule has 1 aliphatic carbocycles. The number of nitrogens with zero attached hydrogens (tertiary/aromatic N) is 1. The topological polar surface area (TPSA) is 29.3 Å². The Morgan fingerprint density at radius 2 is 2.19 bits per heavy atom. The summed E-state index contributed by atoms with van der Waals surface area (Å²) in [6.45, 7) is 4.17. The van der Waals surface area contributed by atoms with E-state index in [9.17, 15) is 0 Å². The summed E-state index contributed by atoms with van der Waals surface area (Å²) in [7, 11) is 0. The van der Waals surface area contributed by atoms with Gasteiger partial charge in [-0.05, 0) is 49.3 Å². The lowest BCUT2D eigenvalue weighted by atomic mass is 9.66. The van der Waals surface area contributed by atoms with Gasteiger partial charge in [-0.2, -0.15) is 0 Å². The first-order chi connectivity index (χ1) is 7.78. The molecule has 4 rings (SSSR count). The van der Waals surface area contributed by atoms with Crippen molar-refractivity contribution < 1.29 is 0 Å². The van der Waals surface area contributed by atoms with E-state index in [1.54, 1.807) is 0 Å². The fourth-order valence-electron chi connectivity index (χ4n) is 3.34. The van der Waals surface area contributed by atoms with Crippen molar-refractivity contribution in [2.24, 2.45) is 17.6 Å². The van der Waals surface area contributed by atoms with Crippen LogP contribution in [0.3, 0.4) is 0 Å². The van der Waals surface area contributed by atoms with Crippen LogP contribution in [0.25, 0.3) is 0 Å². The van der Waals surface area contributed by atoms with Crippen molar-refractivity contribution in [1.82, 2.24) is 0 Å². The van der Waals surface area contributed by atoms with Crippen molar-refractivity contribution in [3.05, 3.63) is 29.8 Å². The van der Waals surface area contributed by atoms with Gasteiger partial charge < -0.3 is 10.6 Å². The van der Waals surface area contributed by atoms with E-state index in [0.29, 0.717) is 6.04 Å². The van der Waals surface area contributed by atoms with Crippen molar-refractivity contribution in [1.29, 1.82) is 0 Å². The lowest BCUT2D eigenvalue weighted by Gasteiger charge is -2.54. The molecule has 1 aromatic rings. The van der Waals surface area contributed by atoms with Gasteiger partial charge >= 0.3 is 0 Å². The monoisotopic (exact) mass is 216 g/mol. The third-order valence-corrected chi connectivity index (χ3v) is 4.25. The van der Waals surface area contributed by atoms with Gasteiger partial charge in [0.05, 0.1) is 0 Å². The van der Waals surface area contributed by atoms with Gasteiger partial charge in [-0.15, -0.1) is 0 Å². The third kappa shape index (κ3) is 1.52. The van der Waals surface area contributed by atoms with Crippen LogP contribution in [0.5, 0.6) is 0 Å². The van der Waals surface area contributed by atoms with Gasteiger partial charge in [0.15, 0.2) is 0 Å². The molecular weight excluding hydrogens is 196 g/mol. The summed E-state index contributed by atoms with van der Waals surface area (Å²) in [4.78, 5) is 2.54. The molecule has 2 saturated heterocycles. The maximum atomic E-state index is 5.94. The van der Waals surface area contributed by atoms with Crippen LogP contribution in [0.2, 0.25) is 0 Å². The number of fused-ring (bicyclic) bond motifs is 2. The van der Waals surface area contributed by atoms with Gasteiger partial charge in [0.25, 0.3) is 0 Å². The molecule has 0 radical (unpaired) electrons. The lowest BCUT2D eigenvalue weighted by molar-refractivity contribution is 0.114. The lowest BCUT2D eigenvalue weighted by Crippen LogP contribution is -2.58. The second-order valence-corrected chi connectivity index (χ2v) is 5.39. The number of benzene rings is 1. The van der Waals surface area contributed by atoms with E-state index in [1.807, 2.05) is 0 Å². The van der Waals surface area contributed by atoms with Crippen molar-refractivity contribution >= 4 is 5.69 Å². The quantitative estimate of drug-likeness (QED) is 0.821. The van der Waals surface area contributed by atoms with Gasteiger partial charge in [-0.3, -0.25) is 0 Å². The first kappa shape index (κ1) is 10.2. The average molecular weight is 216 g/mol. The maximum Gasteiger partial charge on any atom is 0.0440 e. The minimum absolute atomic E-state index is 0.576. The molecule has 2 aliphatic heterocycles. The largest absolute Gasteiger partial charge is 0.367 e. The zero-order valence-corrected chi connectivity index (χ0v) is 9.89. The Hall–Kier alpha value is -1.02. The van der Waals surface area contributed by atoms with Gasteiger partial charge in [-0.25, -0.2) is 0 Å². The third-order valence-electron chi connectivity index (χ3n) is 4.25. The number of nitrogens with two attached hydrogens (primary N) is 1. The molecule has 0 spiro atoms. The first-order valence-electron chi connectivity index (χ1n) is 6.31. The Morgan fingerprint density at radius 3 is 2.88 bits per heavy atom. The van der Waals surface area contributed by atoms with E-state index in [2.05, 4.69) is 36.1 Å². The highest BCUT2D eigenvalue weighted by Gasteiger charge is 2.43. The SMILES string of the molecule is Cc1cccc(N2CC3CC(C3)C2CN)c1. The molecule has 3 aliphatic rings. The second kappa shape index (κ2) is 3.77. The Kier molecular flexibility index (Phi) is 2.40. The van der Waals surface area contributed by atoms with E-state index in [0.717, 1.165) is 18.4 Å².